The van der Waals surface area contributed by atoms with Gasteiger partial charge in [-0.1, -0.05) is 26.2 Å². The van der Waals surface area contributed by atoms with Crippen molar-refractivity contribution >= 4 is 22.1 Å². The van der Waals surface area contributed by atoms with Gasteiger partial charge >= 0.3 is 11.9 Å². The molecule has 0 aliphatic heterocycles. The lowest BCUT2D eigenvalue weighted by molar-refractivity contribution is -0.150. The molecular weight excluding hydrogens is 276 g/mol. The maximum atomic E-state index is 11.8. The van der Waals surface area contributed by atoms with Gasteiger partial charge in [0.1, 0.15) is 0 Å². The van der Waals surface area contributed by atoms with Gasteiger partial charge < -0.3 is 9.47 Å². The summed E-state index contributed by atoms with van der Waals surface area (Å²) in [6.07, 6.45) is 0.860. The summed E-state index contributed by atoms with van der Waals surface area (Å²) >= 11 is 0. The van der Waals surface area contributed by atoms with Gasteiger partial charge in [-0.2, -0.15) is 8.42 Å². The van der Waals surface area contributed by atoms with Crippen LogP contribution in [-0.2, 0) is 29.2 Å². The first-order chi connectivity index (χ1) is 8.75. The number of rotatable bonds is 8. The molecule has 0 aliphatic rings. The zero-order valence-electron chi connectivity index (χ0n) is 11.3. The molecule has 0 aromatic carbocycles. The highest BCUT2D eigenvalue weighted by Crippen LogP contribution is 2.30. The van der Waals surface area contributed by atoms with E-state index >= 15 is 0 Å². The average molecular weight is 296 g/mol. The van der Waals surface area contributed by atoms with E-state index in [1.165, 1.54) is 0 Å². The van der Waals surface area contributed by atoms with Crippen LogP contribution in [0.4, 0.5) is 0 Å². The second-order valence-corrected chi connectivity index (χ2v) is 5.90. The third-order valence-electron chi connectivity index (χ3n) is 2.89. The average Bonchev–Trinajstić information content (AvgIpc) is 2.35. The number of ether oxygens (including phenoxy) is 2. The van der Waals surface area contributed by atoms with Gasteiger partial charge in [-0.05, 0) is 6.42 Å². The van der Waals surface area contributed by atoms with Crippen molar-refractivity contribution < 1.29 is 32.0 Å². The molecule has 0 aliphatic carbocycles. The van der Waals surface area contributed by atoms with Crippen LogP contribution in [0.5, 0.6) is 0 Å². The lowest BCUT2D eigenvalue weighted by atomic mass is 9.96. The van der Waals surface area contributed by atoms with E-state index in [1.54, 1.807) is 0 Å². The fourth-order valence-corrected chi connectivity index (χ4v) is 2.74. The molecule has 112 valence electrons. The van der Waals surface area contributed by atoms with Crippen molar-refractivity contribution in [2.24, 2.45) is 0 Å². The Kier molecular flexibility index (Phi) is 6.99. The Labute approximate surface area is 113 Å². The quantitative estimate of drug-likeness (QED) is 0.403. The number of hydrogen-bond donors (Lipinski definition) is 1. The summed E-state index contributed by atoms with van der Waals surface area (Å²) in [5.74, 6) is -2.06. The van der Waals surface area contributed by atoms with Gasteiger partial charge in [0.15, 0.2) is 0 Å². The first kappa shape index (κ1) is 17.8. The molecule has 0 saturated heterocycles. The van der Waals surface area contributed by atoms with Crippen LogP contribution >= 0.6 is 0 Å². The molecule has 0 spiro atoms. The van der Waals surface area contributed by atoms with Crippen LogP contribution in [0.25, 0.3) is 0 Å². The third-order valence-corrected chi connectivity index (χ3v) is 4.40. The van der Waals surface area contributed by atoms with E-state index in [9.17, 15) is 22.6 Å². The van der Waals surface area contributed by atoms with E-state index < -0.39 is 33.2 Å². The highest BCUT2D eigenvalue weighted by molar-refractivity contribution is 7.88. The van der Waals surface area contributed by atoms with Gasteiger partial charge in [0, 0.05) is 0 Å². The summed E-state index contributed by atoms with van der Waals surface area (Å²) in [7, 11) is -2.73. The Morgan fingerprint density at radius 1 is 1.16 bits per heavy atom. The van der Waals surface area contributed by atoms with Gasteiger partial charge in [0.2, 0.25) is 4.75 Å². The zero-order valence-corrected chi connectivity index (χ0v) is 12.2. The molecule has 8 heteroatoms. The van der Waals surface area contributed by atoms with Crippen LogP contribution in [0, 0.1) is 0 Å². The topological polar surface area (TPSA) is 107 Å². The van der Waals surface area contributed by atoms with Gasteiger partial charge in [-0.3, -0.25) is 14.1 Å². The molecule has 1 unspecified atom stereocenters. The Balaban J connectivity index is 5.46. The molecule has 0 aromatic heterocycles. The molecule has 1 atom stereocenters. The minimum absolute atomic E-state index is 0.193. The highest BCUT2D eigenvalue weighted by Gasteiger charge is 2.52. The fraction of sp³-hybridized carbons (Fsp3) is 0.818. The zero-order chi connectivity index (χ0) is 15.1. The SMILES string of the molecule is CCCCCC(CC(=O)OC)(C(=O)OC)S(=O)(=O)O. The van der Waals surface area contributed by atoms with Gasteiger partial charge in [-0.15, -0.1) is 0 Å². The molecular formula is C11H20O7S. The normalized spacial score (nSPS) is 14.5. The molecule has 0 rings (SSSR count). The van der Waals surface area contributed by atoms with Crippen molar-refractivity contribution in [3.63, 3.8) is 0 Å². The van der Waals surface area contributed by atoms with Crippen LogP contribution in [0.2, 0.25) is 0 Å². The van der Waals surface area contributed by atoms with Crippen molar-refractivity contribution in [1.82, 2.24) is 0 Å². The van der Waals surface area contributed by atoms with Crippen molar-refractivity contribution in [1.29, 1.82) is 0 Å². The number of carbonyl (C=O) groups is 2. The minimum atomic E-state index is -4.80. The third kappa shape index (κ3) is 4.46. The van der Waals surface area contributed by atoms with E-state index in [4.69, 9.17) is 0 Å². The fourth-order valence-electron chi connectivity index (χ4n) is 1.74. The number of hydrogen-bond acceptors (Lipinski definition) is 6. The molecule has 1 N–H and O–H groups in total. The van der Waals surface area contributed by atoms with Crippen molar-refractivity contribution in [2.45, 2.75) is 43.8 Å². The Morgan fingerprint density at radius 2 is 1.74 bits per heavy atom. The van der Waals surface area contributed by atoms with Crippen molar-refractivity contribution in [3.05, 3.63) is 0 Å². The molecule has 0 bridgehead atoms. The summed E-state index contributed by atoms with van der Waals surface area (Å²) < 4.78 is 39.0. The smallest absolute Gasteiger partial charge is 0.330 e. The Morgan fingerprint density at radius 3 is 2.11 bits per heavy atom. The van der Waals surface area contributed by atoms with Gasteiger partial charge in [0.05, 0.1) is 20.6 Å². The molecule has 0 saturated carbocycles. The molecule has 0 fully saturated rings. The van der Waals surface area contributed by atoms with Crippen molar-refractivity contribution in [3.8, 4) is 0 Å². The standard InChI is InChI=1S/C11H20O7S/c1-4-5-6-7-11(10(13)18-3,19(14,15)16)8-9(12)17-2/h4-8H2,1-3H3,(H,14,15,16). The van der Waals surface area contributed by atoms with Crippen LogP contribution in [0.1, 0.15) is 39.0 Å². The second-order valence-electron chi connectivity index (χ2n) is 4.17. The monoisotopic (exact) mass is 296 g/mol. The molecule has 0 amide bonds. The van der Waals surface area contributed by atoms with Crippen LogP contribution in [0.15, 0.2) is 0 Å². The minimum Gasteiger partial charge on any atom is -0.469 e. The maximum Gasteiger partial charge on any atom is 0.330 e. The summed E-state index contributed by atoms with van der Waals surface area (Å²) in [5.41, 5.74) is 0. The number of methoxy groups -OCH3 is 2. The van der Waals surface area contributed by atoms with Crippen LogP contribution < -0.4 is 0 Å². The highest BCUT2D eigenvalue weighted by atomic mass is 32.2. The number of unbranched alkanes of at least 4 members (excludes halogenated alkanes) is 2. The van der Waals surface area contributed by atoms with Gasteiger partial charge in [-0.25, -0.2) is 0 Å². The number of carbonyl (C=O) groups excluding carboxylic acids is 2. The molecule has 19 heavy (non-hydrogen) atoms. The summed E-state index contributed by atoms with van der Waals surface area (Å²) in [6.45, 7) is 1.90. The second kappa shape index (κ2) is 7.44. The summed E-state index contributed by atoms with van der Waals surface area (Å²) in [6, 6.07) is 0. The summed E-state index contributed by atoms with van der Waals surface area (Å²) in [4.78, 5) is 23.1. The largest absolute Gasteiger partial charge is 0.469 e. The Hall–Kier alpha value is -1.15. The predicted molar refractivity (Wildman–Crippen MR) is 67.1 cm³/mol. The number of esters is 2. The van der Waals surface area contributed by atoms with Crippen LogP contribution in [-0.4, -0.2) is 43.9 Å². The molecule has 7 nitrogen and oxygen atoms in total. The first-order valence-electron chi connectivity index (χ1n) is 5.87. The summed E-state index contributed by atoms with van der Waals surface area (Å²) in [5, 5.41) is 0. The van der Waals surface area contributed by atoms with E-state index in [0.717, 1.165) is 20.6 Å². The molecule has 0 aromatic rings. The van der Waals surface area contributed by atoms with E-state index in [1.807, 2.05) is 6.92 Å². The molecule has 0 heterocycles. The van der Waals surface area contributed by atoms with Crippen molar-refractivity contribution in [2.75, 3.05) is 14.2 Å². The Bertz CT molecular complexity index is 415. The lowest BCUT2D eigenvalue weighted by Gasteiger charge is -2.26. The molecule has 0 radical (unpaired) electrons. The van der Waals surface area contributed by atoms with Crippen LogP contribution in [0.3, 0.4) is 0 Å². The maximum absolute atomic E-state index is 11.8. The van der Waals surface area contributed by atoms with Gasteiger partial charge in [0.25, 0.3) is 10.1 Å². The predicted octanol–water partition coefficient (Wildman–Crippen LogP) is 0.929. The van der Waals surface area contributed by atoms with E-state index in [2.05, 4.69) is 9.47 Å². The first-order valence-corrected chi connectivity index (χ1v) is 7.31. The lowest BCUT2D eigenvalue weighted by Crippen LogP contribution is -2.49. The van der Waals surface area contributed by atoms with E-state index in [0.29, 0.717) is 12.8 Å². The van der Waals surface area contributed by atoms with E-state index in [-0.39, 0.29) is 6.42 Å².